The van der Waals surface area contributed by atoms with Gasteiger partial charge in [-0.05, 0) is 43.4 Å². The zero-order chi connectivity index (χ0) is 15.6. The molecule has 3 aliphatic rings. The highest BCUT2D eigenvalue weighted by Crippen LogP contribution is 2.33. The maximum absolute atomic E-state index is 13.0. The highest BCUT2D eigenvalue weighted by Gasteiger charge is 2.33. The van der Waals surface area contributed by atoms with E-state index in [4.69, 9.17) is 0 Å². The monoisotopic (exact) mass is 313 g/mol. The van der Waals surface area contributed by atoms with Gasteiger partial charge in [0, 0.05) is 38.8 Å². The first-order valence-electron chi connectivity index (χ1n) is 9.14. The van der Waals surface area contributed by atoms with Crippen molar-refractivity contribution in [1.29, 1.82) is 0 Å². The Morgan fingerprint density at radius 3 is 2.70 bits per heavy atom. The molecule has 0 radical (unpaired) electrons. The van der Waals surface area contributed by atoms with E-state index in [1.807, 2.05) is 0 Å². The van der Waals surface area contributed by atoms with Gasteiger partial charge in [-0.1, -0.05) is 24.3 Å². The number of hydrogen-bond donors (Lipinski definition) is 1. The Morgan fingerprint density at radius 2 is 1.91 bits per heavy atom. The summed E-state index contributed by atoms with van der Waals surface area (Å²) in [5, 5.41) is 3.44. The number of carbonyl (C=O) groups excluding carboxylic acids is 1. The van der Waals surface area contributed by atoms with E-state index in [-0.39, 0.29) is 5.92 Å². The number of hydrogen-bond acceptors (Lipinski definition) is 3. The van der Waals surface area contributed by atoms with Crippen LogP contribution < -0.4 is 5.32 Å². The zero-order valence-corrected chi connectivity index (χ0v) is 13.8. The van der Waals surface area contributed by atoms with E-state index in [0.717, 1.165) is 58.5 Å². The van der Waals surface area contributed by atoms with E-state index in [9.17, 15) is 4.79 Å². The van der Waals surface area contributed by atoms with Gasteiger partial charge in [-0.25, -0.2) is 0 Å². The van der Waals surface area contributed by atoms with Crippen LogP contribution in [0.25, 0.3) is 0 Å². The fourth-order valence-electron chi connectivity index (χ4n) is 4.49. The number of benzene rings is 1. The highest BCUT2D eigenvalue weighted by atomic mass is 16.2. The van der Waals surface area contributed by atoms with Crippen LogP contribution in [0.2, 0.25) is 0 Å². The fraction of sp³-hybridized carbons (Fsp3) is 0.632. The molecule has 124 valence electrons. The Labute approximate surface area is 138 Å². The Bertz CT molecular complexity index is 559. The second kappa shape index (κ2) is 6.62. The van der Waals surface area contributed by atoms with Crippen LogP contribution in [0.15, 0.2) is 24.3 Å². The second-order valence-corrected chi connectivity index (χ2v) is 7.15. The van der Waals surface area contributed by atoms with Crippen molar-refractivity contribution in [3.8, 4) is 0 Å². The third kappa shape index (κ3) is 3.02. The summed E-state index contributed by atoms with van der Waals surface area (Å²) in [5.41, 5.74) is 2.67. The minimum atomic E-state index is 0.0969. The Hall–Kier alpha value is -1.39. The average Bonchev–Trinajstić information content (AvgIpc) is 3.15. The predicted molar refractivity (Wildman–Crippen MR) is 91.5 cm³/mol. The molecule has 4 rings (SSSR count). The normalized spacial score (nSPS) is 28.6. The van der Waals surface area contributed by atoms with Gasteiger partial charge in [-0.15, -0.1) is 0 Å². The first-order chi connectivity index (χ1) is 11.3. The molecule has 23 heavy (non-hydrogen) atoms. The van der Waals surface area contributed by atoms with E-state index < -0.39 is 0 Å². The summed E-state index contributed by atoms with van der Waals surface area (Å²) in [5.74, 6) is 0.459. The van der Waals surface area contributed by atoms with Gasteiger partial charge in [0.2, 0.25) is 5.91 Å². The lowest BCUT2D eigenvalue weighted by molar-refractivity contribution is -0.135. The van der Waals surface area contributed by atoms with Crippen molar-refractivity contribution in [3.63, 3.8) is 0 Å². The van der Waals surface area contributed by atoms with Gasteiger partial charge in [0.15, 0.2) is 0 Å². The molecule has 2 unspecified atom stereocenters. The SMILES string of the molecule is O=C(C1CCCc2ccccc21)N1CCN(C2CCNC2)CC1. The molecule has 0 bridgehead atoms. The number of nitrogens with zero attached hydrogens (tertiary/aromatic N) is 2. The van der Waals surface area contributed by atoms with Crippen LogP contribution in [-0.4, -0.2) is 61.0 Å². The molecule has 0 aromatic heterocycles. The number of rotatable bonds is 2. The fourth-order valence-corrected chi connectivity index (χ4v) is 4.49. The average molecular weight is 313 g/mol. The molecule has 1 aromatic carbocycles. The molecule has 0 spiro atoms. The maximum atomic E-state index is 13.0. The summed E-state index contributed by atoms with van der Waals surface area (Å²) in [6.45, 7) is 6.12. The number of piperazine rings is 1. The summed E-state index contributed by atoms with van der Waals surface area (Å²) < 4.78 is 0. The van der Waals surface area contributed by atoms with Gasteiger partial charge in [-0.3, -0.25) is 9.69 Å². The molecule has 2 saturated heterocycles. The van der Waals surface area contributed by atoms with E-state index in [1.54, 1.807) is 0 Å². The lowest BCUT2D eigenvalue weighted by Gasteiger charge is -2.39. The van der Waals surface area contributed by atoms with Gasteiger partial charge in [0.05, 0.1) is 5.92 Å². The van der Waals surface area contributed by atoms with E-state index >= 15 is 0 Å². The van der Waals surface area contributed by atoms with Crippen molar-refractivity contribution in [2.24, 2.45) is 0 Å². The van der Waals surface area contributed by atoms with E-state index in [0.29, 0.717) is 11.9 Å². The van der Waals surface area contributed by atoms with Crippen molar-refractivity contribution in [2.75, 3.05) is 39.3 Å². The van der Waals surface area contributed by atoms with E-state index in [2.05, 4.69) is 39.4 Å². The molecule has 1 N–H and O–H groups in total. The molecular formula is C19H27N3O. The van der Waals surface area contributed by atoms with Crippen molar-refractivity contribution in [2.45, 2.75) is 37.6 Å². The van der Waals surface area contributed by atoms with Crippen molar-refractivity contribution in [3.05, 3.63) is 35.4 Å². The number of carbonyl (C=O) groups is 1. The van der Waals surface area contributed by atoms with Crippen molar-refractivity contribution >= 4 is 5.91 Å². The molecule has 2 atom stereocenters. The smallest absolute Gasteiger partial charge is 0.230 e. The molecule has 1 aromatic rings. The van der Waals surface area contributed by atoms with Gasteiger partial charge >= 0.3 is 0 Å². The summed E-state index contributed by atoms with van der Waals surface area (Å²) in [6, 6.07) is 9.22. The van der Waals surface area contributed by atoms with Gasteiger partial charge in [0.25, 0.3) is 0 Å². The molecule has 2 fully saturated rings. The summed E-state index contributed by atoms with van der Waals surface area (Å²) >= 11 is 0. The lowest BCUT2D eigenvalue weighted by Crippen LogP contribution is -2.53. The Kier molecular flexibility index (Phi) is 4.36. The minimum absolute atomic E-state index is 0.0969. The predicted octanol–water partition coefficient (Wildman–Crippen LogP) is 1.61. The van der Waals surface area contributed by atoms with Gasteiger partial charge in [-0.2, -0.15) is 0 Å². The molecule has 1 amide bonds. The van der Waals surface area contributed by atoms with Crippen molar-refractivity contribution < 1.29 is 4.79 Å². The first kappa shape index (κ1) is 15.2. The summed E-state index contributed by atoms with van der Waals surface area (Å²) in [7, 11) is 0. The molecule has 4 heteroatoms. The highest BCUT2D eigenvalue weighted by molar-refractivity contribution is 5.84. The zero-order valence-electron chi connectivity index (χ0n) is 13.8. The van der Waals surface area contributed by atoms with Crippen LogP contribution in [0.5, 0.6) is 0 Å². The summed E-state index contributed by atoms with van der Waals surface area (Å²) in [4.78, 5) is 17.7. The third-order valence-electron chi connectivity index (χ3n) is 5.84. The van der Waals surface area contributed by atoms with Crippen molar-refractivity contribution in [1.82, 2.24) is 15.1 Å². The number of aryl methyl sites for hydroxylation is 1. The number of amides is 1. The third-order valence-corrected chi connectivity index (χ3v) is 5.84. The molecule has 0 saturated carbocycles. The first-order valence-corrected chi connectivity index (χ1v) is 9.14. The van der Waals surface area contributed by atoms with Gasteiger partial charge < -0.3 is 10.2 Å². The molecular weight excluding hydrogens is 286 g/mol. The van der Waals surface area contributed by atoms with Gasteiger partial charge in [0.1, 0.15) is 0 Å². The van der Waals surface area contributed by atoms with Crippen LogP contribution in [0.1, 0.15) is 36.3 Å². The van der Waals surface area contributed by atoms with Crippen LogP contribution in [0.4, 0.5) is 0 Å². The Morgan fingerprint density at radius 1 is 1.09 bits per heavy atom. The Balaban J connectivity index is 1.41. The van der Waals surface area contributed by atoms with Crippen LogP contribution in [-0.2, 0) is 11.2 Å². The quantitative estimate of drug-likeness (QED) is 0.901. The van der Waals surface area contributed by atoms with Crippen LogP contribution >= 0.6 is 0 Å². The molecule has 4 nitrogen and oxygen atoms in total. The van der Waals surface area contributed by atoms with Crippen LogP contribution in [0, 0.1) is 0 Å². The number of nitrogens with one attached hydrogen (secondary N) is 1. The standard InChI is InChI=1S/C19H27N3O/c23-19(18-7-3-5-15-4-1-2-6-17(15)18)22-12-10-21(11-13-22)16-8-9-20-14-16/h1-2,4,6,16,18,20H,3,5,7-14H2. The topological polar surface area (TPSA) is 35.6 Å². The molecule has 1 aliphatic carbocycles. The lowest BCUT2D eigenvalue weighted by atomic mass is 9.82. The largest absolute Gasteiger partial charge is 0.340 e. The minimum Gasteiger partial charge on any atom is -0.340 e. The summed E-state index contributed by atoms with van der Waals surface area (Å²) in [6.07, 6.45) is 4.54. The maximum Gasteiger partial charge on any atom is 0.230 e. The molecule has 2 aliphatic heterocycles. The molecule has 2 heterocycles. The second-order valence-electron chi connectivity index (χ2n) is 7.15. The van der Waals surface area contributed by atoms with Crippen LogP contribution in [0.3, 0.4) is 0 Å². The van der Waals surface area contributed by atoms with E-state index in [1.165, 1.54) is 17.5 Å². The number of fused-ring (bicyclic) bond motifs is 1.